The molecule has 6 nitrogen and oxygen atoms in total. The number of hydrogen-bond donors (Lipinski definition) is 0. The molecule has 0 bridgehead atoms. The molecule has 1 fully saturated rings. The molecule has 2 aromatic rings. The fraction of sp³-hybridized carbons (Fsp3) is 0.385. The van der Waals surface area contributed by atoms with Crippen LogP contribution >= 0.6 is 39.5 Å². The summed E-state index contributed by atoms with van der Waals surface area (Å²) >= 11 is 9.94. The van der Waals surface area contributed by atoms with E-state index in [0.717, 1.165) is 8.43 Å². The molecule has 1 aliphatic rings. The molecular weight excluding hydrogens is 420 g/mol. The molecule has 124 valence electrons. The van der Waals surface area contributed by atoms with Crippen LogP contribution in [0.4, 0.5) is 0 Å². The van der Waals surface area contributed by atoms with E-state index in [0.29, 0.717) is 37.7 Å². The number of aromatic nitrogens is 2. The minimum absolute atomic E-state index is 0.321. The van der Waals surface area contributed by atoms with Gasteiger partial charge in [0, 0.05) is 30.7 Å². The molecule has 0 N–H and O–H groups in total. The standard InChI is InChI=1S/C13H15BrN4O2S3/c14-11-2-1-3-12(8-11)23(19,20)17-6-4-16(5-7-17)10-18-13(21)22-9-15-18/h1-3,8-9H,4-7,10H2. The number of rotatable bonds is 4. The summed E-state index contributed by atoms with van der Waals surface area (Å²) < 4.78 is 30.1. The van der Waals surface area contributed by atoms with Crippen LogP contribution in [0.3, 0.4) is 0 Å². The van der Waals surface area contributed by atoms with Crippen molar-refractivity contribution in [3.63, 3.8) is 0 Å². The predicted octanol–water partition coefficient (Wildman–Crippen LogP) is 2.40. The minimum atomic E-state index is -3.44. The average Bonchev–Trinajstić information content (AvgIpc) is 2.93. The SMILES string of the molecule is O=S(=O)(c1cccc(Br)c1)N1CCN(Cn2ncsc2=S)CC1. The largest absolute Gasteiger partial charge is 0.282 e. The van der Waals surface area contributed by atoms with Crippen molar-refractivity contribution in [3.05, 3.63) is 38.2 Å². The number of halogens is 1. The van der Waals surface area contributed by atoms with Crippen molar-refractivity contribution in [1.29, 1.82) is 0 Å². The van der Waals surface area contributed by atoms with Gasteiger partial charge in [0.1, 0.15) is 5.51 Å². The van der Waals surface area contributed by atoms with Gasteiger partial charge in [-0.3, -0.25) is 4.90 Å². The van der Waals surface area contributed by atoms with Crippen molar-refractivity contribution in [2.45, 2.75) is 11.6 Å². The van der Waals surface area contributed by atoms with Gasteiger partial charge in [0.2, 0.25) is 10.0 Å². The van der Waals surface area contributed by atoms with Gasteiger partial charge < -0.3 is 0 Å². The molecule has 0 atom stereocenters. The van der Waals surface area contributed by atoms with Crippen molar-refractivity contribution in [1.82, 2.24) is 19.0 Å². The fourth-order valence-electron chi connectivity index (χ4n) is 2.41. The molecule has 1 aromatic carbocycles. The Balaban J connectivity index is 1.66. The summed E-state index contributed by atoms with van der Waals surface area (Å²) in [5.41, 5.74) is 1.72. The molecule has 0 amide bonds. The highest BCUT2D eigenvalue weighted by Gasteiger charge is 2.28. The monoisotopic (exact) mass is 434 g/mol. The Labute approximate surface area is 152 Å². The fourth-order valence-corrected chi connectivity index (χ4v) is 5.14. The molecule has 1 aliphatic heterocycles. The lowest BCUT2D eigenvalue weighted by molar-refractivity contribution is 0.145. The molecule has 1 aromatic heterocycles. The third-order valence-electron chi connectivity index (χ3n) is 3.65. The van der Waals surface area contributed by atoms with Gasteiger partial charge >= 0.3 is 0 Å². The third-order valence-corrected chi connectivity index (χ3v) is 7.15. The maximum Gasteiger partial charge on any atom is 0.243 e. The summed E-state index contributed by atoms with van der Waals surface area (Å²) in [4.78, 5) is 2.48. The van der Waals surface area contributed by atoms with Crippen LogP contribution in [0.2, 0.25) is 0 Å². The van der Waals surface area contributed by atoms with E-state index in [2.05, 4.69) is 25.9 Å². The Morgan fingerprint density at radius 2 is 2.00 bits per heavy atom. The van der Waals surface area contributed by atoms with Gasteiger partial charge in [-0.25, -0.2) is 13.1 Å². The zero-order chi connectivity index (χ0) is 16.4. The molecule has 0 spiro atoms. The summed E-state index contributed by atoms with van der Waals surface area (Å²) in [6, 6.07) is 6.81. The van der Waals surface area contributed by atoms with Crippen LogP contribution in [0.5, 0.6) is 0 Å². The Morgan fingerprint density at radius 3 is 2.61 bits per heavy atom. The second-order valence-corrected chi connectivity index (χ2v) is 9.46. The maximum absolute atomic E-state index is 12.7. The summed E-state index contributed by atoms with van der Waals surface area (Å²) in [6.45, 7) is 2.85. The van der Waals surface area contributed by atoms with Crippen molar-refractivity contribution >= 4 is 49.5 Å². The molecule has 0 radical (unpaired) electrons. The van der Waals surface area contributed by atoms with Gasteiger partial charge in [0.05, 0.1) is 11.6 Å². The van der Waals surface area contributed by atoms with Crippen molar-refractivity contribution in [2.75, 3.05) is 26.2 Å². The van der Waals surface area contributed by atoms with Crippen LogP contribution < -0.4 is 0 Å². The number of sulfonamides is 1. The van der Waals surface area contributed by atoms with Gasteiger partial charge in [0.25, 0.3) is 0 Å². The van der Waals surface area contributed by atoms with Crippen LogP contribution in [-0.4, -0.2) is 53.6 Å². The quantitative estimate of drug-likeness (QED) is 0.691. The van der Waals surface area contributed by atoms with Crippen LogP contribution in [0.25, 0.3) is 0 Å². The molecule has 3 rings (SSSR count). The Kier molecular flexibility index (Phi) is 5.29. The van der Waals surface area contributed by atoms with E-state index in [1.807, 2.05) is 6.07 Å². The third kappa shape index (κ3) is 3.89. The Hall–Kier alpha value is -0.650. The van der Waals surface area contributed by atoms with E-state index in [1.165, 1.54) is 15.6 Å². The molecule has 0 aliphatic carbocycles. The first-order chi connectivity index (χ1) is 11.0. The van der Waals surface area contributed by atoms with E-state index >= 15 is 0 Å². The number of benzene rings is 1. The van der Waals surface area contributed by atoms with Gasteiger partial charge in [-0.15, -0.1) is 0 Å². The first-order valence-electron chi connectivity index (χ1n) is 6.95. The van der Waals surface area contributed by atoms with E-state index in [-0.39, 0.29) is 0 Å². The van der Waals surface area contributed by atoms with Crippen LogP contribution in [0, 0.1) is 3.95 Å². The van der Waals surface area contributed by atoms with E-state index < -0.39 is 10.0 Å². The van der Waals surface area contributed by atoms with E-state index in [9.17, 15) is 8.42 Å². The highest BCUT2D eigenvalue weighted by Crippen LogP contribution is 2.21. The molecule has 1 saturated heterocycles. The minimum Gasteiger partial charge on any atom is -0.282 e. The highest BCUT2D eigenvalue weighted by molar-refractivity contribution is 9.10. The van der Waals surface area contributed by atoms with Gasteiger partial charge in [-0.2, -0.15) is 9.40 Å². The predicted molar refractivity (Wildman–Crippen MR) is 95.4 cm³/mol. The summed E-state index contributed by atoms with van der Waals surface area (Å²) in [5, 5.41) is 4.19. The van der Waals surface area contributed by atoms with Gasteiger partial charge in [-0.05, 0) is 30.4 Å². The maximum atomic E-state index is 12.7. The van der Waals surface area contributed by atoms with Crippen molar-refractivity contribution < 1.29 is 8.42 Å². The lowest BCUT2D eigenvalue weighted by Crippen LogP contribution is -2.48. The zero-order valence-electron chi connectivity index (χ0n) is 12.1. The summed E-state index contributed by atoms with van der Waals surface area (Å²) in [5.74, 6) is 0. The lowest BCUT2D eigenvalue weighted by Gasteiger charge is -2.33. The van der Waals surface area contributed by atoms with Gasteiger partial charge in [0.15, 0.2) is 3.95 Å². The molecule has 0 saturated carbocycles. The van der Waals surface area contributed by atoms with Crippen molar-refractivity contribution in [2.24, 2.45) is 0 Å². The smallest absolute Gasteiger partial charge is 0.243 e. The first kappa shape index (κ1) is 17.2. The number of piperazine rings is 1. The Morgan fingerprint density at radius 1 is 1.26 bits per heavy atom. The molecule has 23 heavy (non-hydrogen) atoms. The average molecular weight is 435 g/mol. The topological polar surface area (TPSA) is 58.4 Å². The molecular formula is C13H15BrN4O2S3. The molecule has 2 heterocycles. The van der Waals surface area contributed by atoms with E-state index in [4.69, 9.17) is 12.2 Å². The Bertz CT molecular complexity index is 841. The van der Waals surface area contributed by atoms with Crippen LogP contribution in [-0.2, 0) is 16.7 Å². The molecule has 0 unspecified atom stereocenters. The number of hydrogen-bond acceptors (Lipinski definition) is 6. The lowest BCUT2D eigenvalue weighted by atomic mass is 10.4. The first-order valence-corrected chi connectivity index (χ1v) is 10.5. The molecule has 10 heteroatoms. The van der Waals surface area contributed by atoms with Gasteiger partial charge in [-0.1, -0.05) is 33.3 Å². The van der Waals surface area contributed by atoms with Crippen molar-refractivity contribution in [3.8, 4) is 0 Å². The normalized spacial score (nSPS) is 17.4. The number of nitrogens with zero attached hydrogens (tertiary/aromatic N) is 4. The second-order valence-electron chi connectivity index (χ2n) is 5.13. The zero-order valence-corrected chi connectivity index (χ0v) is 16.2. The second kappa shape index (κ2) is 7.08. The van der Waals surface area contributed by atoms with Crippen LogP contribution in [0.1, 0.15) is 0 Å². The summed E-state index contributed by atoms with van der Waals surface area (Å²) in [7, 11) is -3.44. The summed E-state index contributed by atoms with van der Waals surface area (Å²) in [6.07, 6.45) is 0. The van der Waals surface area contributed by atoms with E-state index in [1.54, 1.807) is 28.4 Å². The highest BCUT2D eigenvalue weighted by atomic mass is 79.9. The van der Waals surface area contributed by atoms with Crippen LogP contribution in [0.15, 0.2) is 39.1 Å².